The molecule has 0 unspecified atom stereocenters. The maximum absolute atomic E-state index is 6.26. The van der Waals surface area contributed by atoms with Crippen molar-refractivity contribution < 1.29 is 4.74 Å². The molecule has 0 aliphatic carbocycles. The van der Waals surface area contributed by atoms with E-state index in [1.807, 2.05) is 0 Å². The zero-order valence-electron chi connectivity index (χ0n) is 19.0. The summed E-state index contributed by atoms with van der Waals surface area (Å²) in [6, 6.07) is 8.67. The van der Waals surface area contributed by atoms with Gasteiger partial charge >= 0.3 is 203 Å². The van der Waals surface area contributed by atoms with E-state index in [9.17, 15) is 0 Å². The Balaban J connectivity index is 1.47. The number of fused-ring (bicyclic) bond motifs is 1. The number of ether oxygens (including phenoxy) is 1. The molecular weight excluding hydrogens is 647 g/mol. The number of unbranched alkanes of at least 4 members (excludes halogenated alkanes) is 7. The van der Waals surface area contributed by atoms with Gasteiger partial charge in [-0.3, -0.25) is 0 Å². The molecule has 0 amide bonds. The maximum atomic E-state index is 6.26. The third kappa shape index (κ3) is 6.39. The van der Waals surface area contributed by atoms with E-state index in [0.717, 1.165) is 47.8 Å². The van der Waals surface area contributed by atoms with Crippen LogP contribution >= 0.6 is 54.5 Å². The van der Waals surface area contributed by atoms with Crippen molar-refractivity contribution in [3.05, 3.63) is 37.4 Å². The van der Waals surface area contributed by atoms with Crippen LogP contribution in [-0.4, -0.2) is 29.5 Å². The molecule has 0 spiro atoms. The second-order valence-electron chi connectivity index (χ2n) is 8.25. The van der Waals surface area contributed by atoms with Crippen molar-refractivity contribution in [1.82, 2.24) is 7.96 Å². The molecule has 3 heterocycles. The summed E-state index contributed by atoms with van der Waals surface area (Å²) in [7, 11) is 0. The minimum atomic E-state index is -0.0950. The number of halogens is 2. The van der Waals surface area contributed by atoms with Crippen molar-refractivity contribution in [2.24, 2.45) is 0 Å². The van der Waals surface area contributed by atoms with E-state index in [2.05, 4.69) is 70.0 Å². The molecule has 33 heavy (non-hydrogen) atoms. The van der Waals surface area contributed by atoms with Crippen LogP contribution in [0.25, 0.3) is 31.9 Å². The van der Waals surface area contributed by atoms with Crippen LogP contribution < -0.4 is 4.74 Å². The SMILES string of the molecule is CCCCCCCCCCOc1cc(Br)sc1-c1ccc(-c2sc(Br)cc2C)c2n[se]nc12. The van der Waals surface area contributed by atoms with Gasteiger partial charge in [-0.15, -0.1) is 0 Å². The number of aromatic nitrogens is 2. The van der Waals surface area contributed by atoms with Crippen LogP contribution in [0.1, 0.15) is 63.9 Å². The summed E-state index contributed by atoms with van der Waals surface area (Å²) in [5.41, 5.74) is 5.63. The van der Waals surface area contributed by atoms with Gasteiger partial charge in [0.05, 0.1) is 0 Å². The van der Waals surface area contributed by atoms with Gasteiger partial charge in [-0.2, -0.15) is 0 Å². The van der Waals surface area contributed by atoms with E-state index < -0.39 is 0 Å². The van der Waals surface area contributed by atoms with Crippen LogP contribution in [-0.2, 0) is 0 Å². The Bertz CT molecular complexity index is 1200. The predicted octanol–water partition coefficient (Wildman–Crippen LogP) is 9.50. The normalized spacial score (nSPS) is 11.5. The molecule has 0 aliphatic heterocycles. The molecule has 0 radical (unpaired) electrons. The Morgan fingerprint density at radius 1 is 0.818 bits per heavy atom. The molecule has 3 aromatic heterocycles. The van der Waals surface area contributed by atoms with Gasteiger partial charge in [0.1, 0.15) is 0 Å². The first-order valence-corrected chi connectivity index (χ1v) is 16.3. The molecule has 0 aliphatic rings. The molecule has 0 atom stereocenters. The van der Waals surface area contributed by atoms with Crippen LogP contribution in [0.15, 0.2) is 31.8 Å². The minimum absolute atomic E-state index is 0.0950. The van der Waals surface area contributed by atoms with Gasteiger partial charge in [0.25, 0.3) is 0 Å². The number of hydrogen-bond acceptors (Lipinski definition) is 5. The van der Waals surface area contributed by atoms with Crippen LogP contribution in [0, 0.1) is 6.92 Å². The Morgan fingerprint density at radius 2 is 1.39 bits per heavy atom. The van der Waals surface area contributed by atoms with Crippen LogP contribution in [0.3, 0.4) is 0 Å². The van der Waals surface area contributed by atoms with E-state index in [-0.39, 0.29) is 15.0 Å². The number of rotatable bonds is 12. The predicted molar refractivity (Wildman–Crippen MR) is 151 cm³/mol. The number of hydrogen-bond donors (Lipinski definition) is 0. The van der Waals surface area contributed by atoms with Gasteiger partial charge in [0.2, 0.25) is 0 Å². The number of aryl methyl sites for hydroxylation is 1. The van der Waals surface area contributed by atoms with Gasteiger partial charge in [0, 0.05) is 0 Å². The second kappa shape index (κ2) is 12.5. The fourth-order valence-corrected chi connectivity index (χ4v) is 8.51. The monoisotopic (exact) mass is 674 g/mol. The van der Waals surface area contributed by atoms with Crippen LogP contribution in [0.2, 0.25) is 0 Å². The number of nitrogens with zero attached hydrogens (tertiary/aromatic N) is 2. The van der Waals surface area contributed by atoms with E-state index >= 15 is 0 Å². The molecule has 0 N–H and O–H groups in total. The average Bonchev–Trinajstić information content (AvgIpc) is 3.50. The summed E-state index contributed by atoms with van der Waals surface area (Å²) in [5.74, 6) is 0.953. The summed E-state index contributed by atoms with van der Waals surface area (Å²) in [4.78, 5) is 2.41. The first kappa shape index (κ1) is 25.6. The topological polar surface area (TPSA) is 35.0 Å². The van der Waals surface area contributed by atoms with Gasteiger partial charge in [0.15, 0.2) is 0 Å². The molecule has 1 aromatic carbocycles. The Morgan fingerprint density at radius 3 is 2.03 bits per heavy atom. The summed E-state index contributed by atoms with van der Waals surface area (Å²) in [6.45, 7) is 5.19. The van der Waals surface area contributed by atoms with Crippen LogP contribution in [0.5, 0.6) is 5.75 Å². The van der Waals surface area contributed by atoms with Crippen molar-refractivity contribution >= 4 is 80.5 Å². The zero-order chi connectivity index (χ0) is 23.2. The van der Waals surface area contributed by atoms with Crippen LogP contribution in [0.4, 0.5) is 0 Å². The molecule has 8 heteroatoms. The van der Waals surface area contributed by atoms with Crippen molar-refractivity contribution in [2.75, 3.05) is 6.61 Å². The van der Waals surface area contributed by atoms with E-state index in [4.69, 9.17) is 12.7 Å². The Labute approximate surface area is 227 Å². The third-order valence-electron chi connectivity index (χ3n) is 5.72. The fourth-order valence-electron chi connectivity index (χ4n) is 4.00. The zero-order valence-corrected chi connectivity index (χ0v) is 25.5. The molecular formula is C25H28Br2N2OS2Se. The fraction of sp³-hybridized carbons (Fsp3) is 0.440. The quantitative estimate of drug-likeness (QED) is 0.111. The summed E-state index contributed by atoms with van der Waals surface area (Å²) < 4.78 is 18.1. The molecule has 0 fully saturated rings. The number of benzene rings is 1. The Kier molecular flexibility index (Phi) is 9.66. The molecule has 0 bridgehead atoms. The van der Waals surface area contributed by atoms with E-state index in [1.165, 1.54) is 60.9 Å². The second-order valence-corrected chi connectivity index (χ2v) is 14.2. The van der Waals surface area contributed by atoms with E-state index in [1.54, 1.807) is 22.7 Å². The summed E-state index contributed by atoms with van der Waals surface area (Å²) in [6.07, 6.45) is 10.4. The van der Waals surface area contributed by atoms with Gasteiger partial charge in [-0.05, 0) is 0 Å². The summed E-state index contributed by atoms with van der Waals surface area (Å²) >= 11 is 10.7. The molecule has 4 aromatic rings. The third-order valence-corrected chi connectivity index (χ3v) is 10.3. The first-order valence-electron chi connectivity index (χ1n) is 11.5. The van der Waals surface area contributed by atoms with Gasteiger partial charge < -0.3 is 0 Å². The molecule has 3 nitrogen and oxygen atoms in total. The molecule has 176 valence electrons. The van der Waals surface area contributed by atoms with Gasteiger partial charge in [-0.25, -0.2) is 0 Å². The van der Waals surface area contributed by atoms with Crippen molar-refractivity contribution in [3.8, 4) is 26.6 Å². The standard InChI is InChI=1S/C25H28Br2N2OS2Se/c1-3-4-5-6-7-8-9-10-13-30-19-15-21(27)32-25(19)18-12-11-17(22-23(18)29-33-28-22)24-16(2)14-20(26)31-24/h11-12,14-15H,3-10,13H2,1-2H3. The average molecular weight is 675 g/mol. The van der Waals surface area contributed by atoms with Crippen molar-refractivity contribution in [3.63, 3.8) is 0 Å². The van der Waals surface area contributed by atoms with Gasteiger partial charge in [-0.1, -0.05) is 26.2 Å². The van der Waals surface area contributed by atoms with Crippen molar-refractivity contribution in [1.29, 1.82) is 0 Å². The number of thiophene rings is 2. The van der Waals surface area contributed by atoms with Crippen molar-refractivity contribution in [2.45, 2.75) is 65.2 Å². The summed E-state index contributed by atoms with van der Waals surface area (Å²) in [5, 5.41) is 0. The Hall–Kier alpha value is -0.501. The molecule has 0 saturated carbocycles. The molecule has 4 rings (SSSR count). The first-order chi connectivity index (χ1) is 16.1. The van der Waals surface area contributed by atoms with E-state index in [0.29, 0.717) is 0 Å². The molecule has 0 saturated heterocycles.